The lowest BCUT2D eigenvalue weighted by atomic mass is 10.1. The summed E-state index contributed by atoms with van der Waals surface area (Å²) in [6.45, 7) is 5.58. The highest BCUT2D eigenvalue weighted by Gasteiger charge is 1.94. The zero-order valence-electron chi connectivity index (χ0n) is 9.84. The Labute approximate surface area is 103 Å². The molecule has 0 saturated heterocycles. The molecule has 0 aromatic heterocycles. The monoisotopic (exact) mass is 241 g/mol. The summed E-state index contributed by atoms with van der Waals surface area (Å²) in [6, 6.07) is 8.38. The van der Waals surface area contributed by atoms with E-state index >= 15 is 0 Å². The summed E-state index contributed by atoms with van der Waals surface area (Å²) in [6.07, 6.45) is 1.06. The van der Waals surface area contributed by atoms with Crippen LogP contribution in [0.4, 0.5) is 0 Å². The van der Waals surface area contributed by atoms with Crippen LogP contribution in [-0.2, 0) is 17.2 Å². The van der Waals surface area contributed by atoms with E-state index in [4.69, 9.17) is 16.3 Å². The Morgan fingerprint density at radius 3 is 2.50 bits per heavy atom. The fourth-order valence-corrected chi connectivity index (χ4v) is 1.60. The first-order chi connectivity index (χ1) is 7.86. The molecule has 0 bridgehead atoms. The number of benzene rings is 1. The van der Waals surface area contributed by atoms with Crippen molar-refractivity contribution in [3.8, 4) is 0 Å². The van der Waals surface area contributed by atoms with Crippen LogP contribution in [0.1, 0.15) is 24.5 Å². The van der Waals surface area contributed by atoms with E-state index in [1.807, 2.05) is 6.92 Å². The van der Waals surface area contributed by atoms with Crippen LogP contribution in [0.5, 0.6) is 0 Å². The van der Waals surface area contributed by atoms with E-state index in [1.165, 1.54) is 11.1 Å². The van der Waals surface area contributed by atoms with Gasteiger partial charge in [0, 0.05) is 25.6 Å². The Balaban J connectivity index is 2.12. The molecule has 1 N–H and O–H groups in total. The van der Waals surface area contributed by atoms with Gasteiger partial charge in [-0.15, -0.1) is 11.6 Å². The molecule has 0 aliphatic heterocycles. The van der Waals surface area contributed by atoms with Crippen molar-refractivity contribution in [3.05, 3.63) is 35.4 Å². The summed E-state index contributed by atoms with van der Waals surface area (Å²) >= 11 is 5.73. The Morgan fingerprint density at radius 2 is 1.88 bits per heavy atom. The normalized spacial score (nSPS) is 10.6. The lowest BCUT2D eigenvalue weighted by Crippen LogP contribution is -2.16. The average Bonchev–Trinajstić information content (AvgIpc) is 2.34. The first kappa shape index (κ1) is 13.5. The van der Waals surface area contributed by atoms with Crippen molar-refractivity contribution in [2.24, 2.45) is 0 Å². The molecular weight excluding hydrogens is 222 g/mol. The van der Waals surface area contributed by atoms with E-state index < -0.39 is 0 Å². The summed E-state index contributed by atoms with van der Waals surface area (Å²) in [5.74, 6) is 0.585. The maximum Gasteiger partial charge on any atom is 0.0477 e. The third-order valence-corrected chi connectivity index (χ3v) is 2.66. The summed E-state index contributed by atoms with van der Waals surface area (Å²) in [4.78, 5) is 0. The van der Waals surface area contributed by atoms with Crippen molar-refractivity contribution < 1.29 is 4.74 Å². The van der Waals surface area contributed by atoms with E-state index in [2.05, 4.69) is 29.6 Å². The molecule has 0 spiro atoms. The van der Waals surface area contributed by atoms with Crippen LogP contribution in [-0.4, -0.2) is 19.8 Å². The Hall–Kier alpha value is -0.570. The molecule has 16 heavy (non-hydrogen) atoms. The highest BCUT2D eigenvalue weighted by molar-refractivity contribution is 6.17. The number of halogens is 1. The number of rotatable bonds is 8. The molecule has 0 amide bonds. The second-order valence-corrected chi connectivity index (χ2v) is 3.94. The molecule has 0 heterocycles. The van der Waals surface area contributed by atoms with Crippen LogP contribution in [0.25, 0.3) is 0 Å². The molecule has 90 valence electrons. The predicted octanol–water partition coefficient (Wildman–Crippen LogP) is 2.94. The van der Waals surface area contributed by atoms with Crippen LogP contribution in [0.3, 0.4) is 0 Å². The van der Waals surface area contributed by atoms with Gasteiger partial charge in [-0.25, -0.2) is 0 Å². The summed E-state index contributed by atoms with van der Waals surface area (Å²) in [7, 11) is 0. The Bertz CT molecular complexity index is 274. The molecule has 0 unspecified atom stereocenters. The van der Waals surface area contributed by atoms with Gasteiger partial charge in [-0.2, -0.15) is 0 Å². The molecular formula is C13H20ClNO. The van der Waals surface area contributed by atoms with Gasteiger partial charge >= 0.3 is 0 Å². The summed E-state index contributed by atoms with van der Waals surface area (Å²) in [5, 5.41) is 3.39. The Morgan fingerprint density at radius 1 is 1.19 bits per heavy atom. The van der Waals surface area contributed by atoms with Crippen LogP contribution < -0.4 is 5.32 Å². The molecule has 1 aromatic carbocycles. The molecule has 0 atom stereocenters. The van der Waals surface area contributed by atoms with Gasteiger partial charge in [0.1, 0.15) is 0 Å². The molecule has 0 radical (unpaired) electrons. The minimum atomic E-state index is 0.585. The zero-order valence-corrected chi connectivity index (χ0v) is 10.6. The quantitative estimate of drug-likeness (QED) is 0.558. The van der Waals surface area contributed by atoms with Crippen molar-refractivity contribution in [1.82, 2.24) is 5.32 Å². The van der Waals surface area contributed by atoms with Gasteiger partial charge in [0.05, 0.1) is 0 Å². The molecule has 0 fully saturated rings. The van der Waals surface area contributed by atoms with E-state index in [1.54, 1.807) is 0 Å². The van der Waals surface area contributed by atoms with E-state index in [9.17, 15) is 0 Å². The van der Waals surface area contributed by atoms with Crippen molar-refractivity contribution in [2.45, 2.75) is 25.8 Å². The van der Waals surface area contributed by atoms with E-state index in [-0.39, 0.29) is 0 Å². The maximum absolute atomic E-state index is 5.73. The molecule has 2 nitrogen and oxygen atoms in total. The smallest absolute Gasteiger partial charge is 0.0477 e. The molecule has 0 aliphatic carbocycles. The predicted molar refractivity (Wildman–Crippen MR) is 68.8 cm³/mol. The standard InChI is InChI=1S/C13H20ClNO/c1-2-16-9-3-8-15-11-13-6-4-12(10-14)5-7-13/h4-7,15H,2-3,8-11H2,1H3. The zero-order chi connectivity index (χ0) is 11.6. The van der Waals surface area contributed by atoms with Gasteiger partial charge in [0.25, 0.3) is 0 Å². The van der Waals surface area contributed by atoms with Crippen molar-refractivity contribution >= 4 is 11.6 Å². The summed E-state index contributed by atoms with van der Waals surface area (Å²) in [5.41, 5.74) is 2.46. The minimum absolute atomic E-state index is 0.585. The van der Waals surface area contributed by atoms with Crippen molar-refractivity contribution in [2.75, 3.05) is 19.8 Å². The second kappa shape index (κ2) is 8.57. The number of nitrogens with one attached hydrogen (secondary N) is 1. The topological polar surface area (TPSA) is 21.3 Å². The third-order valence-electron chi connectivity index (χ3n) is 2.35. The highest BCUT2D eigenvalue weighted by atomic mass is 35.5. The van der Waals surface area contributed by atoms with Crippen LogP contribution in [0.15, 0.2) is 24.3 Å². The Kier molecular flexibility index (Phi) is 7.23. The first-order valence-corrected chi connectivity index (χ1v) is 6.32. The van der Waals surface area contributed by atoms with Crippen LogP contribution in [0.2, 0.25) is 0 Å². The van der Waals surface area contributed by atoms with Crippen LogP contribution in [0, 0.1) is 0 Å². The largest absolute Gasteiger partial charge is 0.382 e. The average molecular weight is 242 g/mol. The van der Waals surface area contributed by atoms with Gasteiger partial charge in [-0.1, -0.05) is 24.3 Å². The molecule has 0 saturated carbocycles. The van der Waals surface area contributed by atoms with E-state index in [0.29, 0.717) is 5.88 Å². The van der Waals surface area contributed by atoms with Gasteiger partial charge in [-0.05, 0) is 31.0 Å². The third kappa shape index (κ3) is 5.50. The molecule has 1 aromatic rings. The second-order valence-electron chi connectivity index (χ2n) is 3.68. The number of hydrogen-bond acceptors (Lipinski definition) is 2. The lowest BCUT2D eigenvalue weighted by Gasteiger charge is -2.05. The van der Waals surface area contributed by atoms with Crippen molar-refractivity contribution in [3.63, 3.8) is 0 Å². The van der Waals surface area contributed by atoms with E-state index in [0.717, 1.165) is 32.7 Å². The molecule has 1 rings (SSSR count). The van der Waals surface area contributed by atoms with Gasteiger partial charge < -0.3 is 10.1 Å². The fourth-order valence-electron chi connectivity index (χ4n) is 1.42. The van der Waals surface area contributed by atoms with Crippen molar-refractivity contribution in [1.29, 1.82) is 0 Å². The molecule has 0 aliphatic rings. The number of alkyl halides is 1. The molecule has 3 heteroatoms. The lowest BCUT2D eigenvalue weighted by molar-refractivity contribution is 0.144. The fraction of sp³-hybridized carbons (Fsp3) is 0.538. The maximum atomic E-state index is 5.73. The summed E-state index contributed by atoms with van der Waals surface area (Å²) < 4.78 is 5.26. The first-order valence-electron chi connectivity index (χ1n) is 5.79. The van der Waals surface area contributed by atoms with Gasteiger partial charge in [0.2, 0.25) is 0 Å². The van der Waals surface area contributed by atoms with Crippen LogP contribution >= 0.6 is 11.6 Å². The van der Waals surface area contributed by atoms with Gasteiger partial charge in [0.15, 0.2) is 0 Å². The highest BCUT2D eigenvalue weighted by Crippen LogP contribution is 2.06. The SMILES string of the molecule is CCOCCCNCc1ccc(CCl)cc1. The number of ether oxygens (including phenoxy) is 1. The van der Waals surface area contributed by atoms with Gasteiger partial charge in [-0.3, -0.25) is 0 Å². The minimum Gasteiger partial charge on any atom is -0.382 e. The number of hydrogen-bond donors (Lipinski definition) is 1.